The molecule has 1 heterocycles. The van der Waals surface area contributed by atoms with Gasteiger partial charge in [0.25, 0.3) is 0 Å². The minimum absolute atomic E-state index is 1.02. The summed E-state index contributed by atoms with van der Waals surface area (Å²) in [7, 11) is 0. The molecule has 2 aromatic rings. The fraction of sp³-hybridized carbons (Fsp3) is 0.222. The number of benzene rings is 1. The van der Waals surface area contributed by atoms with E-state index >= 15 is 0 Å². The lowest BCUT2D eigenvalue weighted by molar-refractivity contribution is 0.973. The molecule has 0 saturated carbocycles. The highest BCUT2D eigenvalue weighted by Crippen LogP contribution is 2.33. The number of nitrogens with zero attached hydrogens (tertiary/aromatic N) is 1. The van der Waals surface area contributed by atoms with Gasteiger partial charge in [0.2, 0.25) is 0 Å². The van der Waals surface area contributed by atoms with Crippen LogP contribution in [0.2, 0.25) is 0 Å². The van der Waals surface area contributed by atoms with Gasteiger partial charge in [-0.05, 0) is 43.0 Å². The summed E-state index contributed by atoms with van der Waals surface area (Å²) in [5.74, 6) is 0. The fourth-order valence-electron chi connectivity index (χ4n) is 2.94. The second-order valence-corrected chi connectivity index (χ2v) is 4.90. The molecule has 3 rings (SSSR count). The summed E-state index contributed by atoms with van der Waals surface area (Å²) in [5.41, 5.74) is 5.28. The van der Waals surface area contributed by atoms with Gasteiger partial charge < -0.3 is 4.57 Å². The molecular formula is C18H19N. The van der Waals surface area contributed by atoms with Crippen molar-refractivity contribution in [3.63, 3.8) is 0 Å². The van der Waals surface area contributed by atoms with Gasteiger partial charge in [0.15, 0.2) is 0 Å². The van der Waals surface area contributed by atoms with Crippen LogP contribution in [-0.2, 0) is 6.42 Å². The van der Waals surface area contributed by atoms with E-state index < -0.39 is 0 Å². The van der Waals surface area contributed by atoms with E-state index in [-0.39, 0.29) is 0 Å². The van der Waals surface area contributed by atoms with Crippen molar-refractivity contribution in [1.82, 2.24) is 4.57 Å². The molecule has 1 aliphatic carbocycles. The highest BCUT2D eigenvalue weighted by Gasteiger charge is 2.17. The molecule has 0 aliphatic heterocycles. The molecule has 1 heteroatoms. The standard InChI is InChI=1S/C18H19N/c1-3-9-14(4-2)19-17-12-7-5-10-15(17)16-11-6-8-13-18(16)19/h4-5,7-10,12-13H,2-3,6,11H2,1H3/b14-9+. The smallest absolute Gasteiger partial charge is 0.0537 e. The van der Waals surface area contributed by atoms with Gasteiger partial charge >= 0.3 is 0 Å². The number of aromatic nitrogens is 1. The summed E-state index contributed by atoms with van der Waals surface area (Å²) >= 11 is 0. The summed E-state index contributed by atoms with van der Waals surface area (Å²) in [5, 5.41) is 1.38. The molecule has 0 N–H and O–H groups in total. The number of rotatable bonds is 3. The third kappa shape index (κ3) is 1.86. The average Bonchev–Trinajstić information content (AvgIpc) is 2.80. The van der Waals surface area contributed by atoms with Gasteiger partial charge in [-0.2, -0.15) is 0 Å². The van der Waals surface area contributed by atoms with Crippen LogP contribution < -0.4 is 0 Å². The van der Waals surface area contributed by atoms with E-state index in [1.807, 2.05) is 6.08 Å². The van der Waals surface area contributed by atoms with E-state index in [0.717, 1.165) is 19.3 Å². The zero-order valence-corrected chi connectivity index (χ0v) is 11.4. The zero-order chi connectivity index (χ0) is 13.2. The normalized spacial score (nSPS) is 14.7. The van der Waals surface area contributed by atoms with Crippen LogP contribution in [0.5, 0.6) is 0 Å². The SMILES string of the molecule is C=C/C(=C\CC)n1c2c(c3ccccc31)CCC=C2. The highest BCUT2D eigenvalue weighted by atomic mass is 15.0. The highest BCUT2D eigenvalue weighted by molar-refractivity contribution is 5.92. The lowest BCUT2D eigenvalue weighted by atomic mass is 10.0. The lowest BCUT2D eigenvalue weighted by Gasteiger charge is -2.12. The molecule has 1 aromatic heterocycles. The van der Waals surface area contributed by atoms with Crippen LogP contribution in [0, 0.1) is 0 Å². The van der Waals surface area contributed by atoms with E-state index in [1.165, 1.54) is 27.9 Å². The quantitative estimate of drug-likeness (QED) is 0.672. The Labute approximate surface area is 114 Å². The molecule has 1 aromatic carbocycles. The van der Waals surface area contributed by atoms with Crippen LogP contribution >= 0.6 is 0 Å². The Balaban J connectivity index is 2.38. The summed E-state index contributed by atoms with van der Waals surface area (Å²) < 4.78 is 2.34. The Morgan fingerprint density at radius 1 is 1.37 bits per heavy atom. The molecule has 1 aliphatic rings. The van der Waals surface area contributed by atoms with Gasteiger partial charge in [-0.15, -0.1) is 0 Å². The molecule has 19 heavy (non-hydrogen) atoms. The Kier molecular flexibility index (Phi) is 3.12. The third-order valence-corrected chi connectivity index (χ3v) is 3.74. The molecule has 0 bridgehead atoms. The fourth-order valence-corrected chi connectivity index (χ4v) is 2.94. The van der Waals surface area contributed by atoms with Crippen molar-refractivity contribution in [3.8, 4) is 0 Å². The van der Waals surface area contributed by atoms with E-state index in [2.05, 4.69) is 60.6 Å². The minimum atomic E-state index is 1.02. The number of allylic oxidation sites excluding steroid dienone is 4. The van der Waals surface area contributed by atoms with Gasteiger partial charge in [-0.25, -0.2) is 0 Å². The summed E-state index contributed by atoms with van der Waals surface area (Å²) in [6.07, 6.45) is 12.0. The Hall–Kier alpha value is -2.02. The van der Waals surface area contributed by atoms with E-state index in [1.54, 1.807) is 0 Å². The van der Waals surface area contributed by atoms with Gasteiger partial charge in [-0.1, -0.05) is 43.9 Å². The van der Waals surface area contributed by atoms with Crippen LogP contribution in [0.1, 0.15) is 31.0 Å². The predicted octanol–water partition coefficient (Wildman–Crippen LogP) is 5.04. The largest absolute Gasteiger partial charge is 0.310 e. The second kappa shape index (κ2) is 4.93. The van der Waals surface area contributed by atoms with E-state index in [9.17, 15) is 0 Å². The summed E-state index contributed by atoms with van der Waals surface area (Å²) in [6.45, 7) is 6.14. The van der Waals surface area contributed by atoms with Crippen molar-refractivity contribution in [2.75, 3.05) is 0 Å². The Morgan fingerprint density at radius 2 is 2.21 bits per heavy atom. The lowest BCUT2D eigenvalue weighted by Crippen LogP contribution is -2.00. The van der Waals surface area contributed by atoms with Crippen molar-refractivity contribution in [1.29, 1.82) is 0 Å². The van der Waals surface area contributed by atoms with Crippen molar-refractivity contribution in [2.24, 2.45) is 0 Å². The van der Waals surface area contributed by atoms with E-state index in [0.29, 0.717) is 0 Å². The van der Waals surface area contributed by atoms with Crippen molar-refractivity contribution >= 4 is 22.7 Å². The van der Waals surface area contributed by atoms with Crippen LogP contribution in [0.25, 0.3) is 22.7 Å². The summed E-state index contributed by atoms with van der Waals surface area (Å²) in [6, 6.07) is 8.67. The maximum absolute atomic E-state index is 3.98. The molecular weight excluding hydrogens is 230 g/mol. The van der Waals surface area contributed by atoms with Crippen molar-refractivity contribution in [2.45, 2.75) is 26.2 Å². The molecule has 0 saturated heterocycles. The zero-order valence-electron chi connectivity index (χ0n) is 11.4. The molecule has 0 radical (unpaired) electrons. The maximum Gasteiger partial charge on any atom is 0.0537 e. The monoisotopic (exact) mass is 249 g/mol. The van der Waals surface area contributed by atoms with Crippen LogP contribution in [-0.4, -0.2) is 4.57 Å². The van der Waals surface area contributed by atoms with Gasteiger partial charge in [0.05, 0.1) is 5.52 Å². The van der Waals surface area contributed by atoms with E-state index in [4.69, 9.17) is 0 Å². The van der Waals surface area contributed by atoms with Gasteiger partial charge in [0, 0.05) is 16.8 Å². The number of aryl methyl sites for hydroxylation is 1. The van der Waals surface area contributed by atoms with Gasteiger partial charge in [-0.3, -0.25) is 0 Å². The van der Waals surface area contributed by atoms with Crippen molar-refractivity contribution in [3.05, 3.63) is 60.3 Å². The molecule has 0 amide bonds. The molecule has 0 spiro atoms. The van der Waals surface area contributed by atoms with Crippen LogP contribution in [0.3, 0.4) is 0 Å². The molecule has 96 valence electrons. The number of hydrogen-bond acceptors (Lipinski definition) is 0. The molecule has 0 atom stereocenters. The van der Waals surface area contributed by atoms with Crippen LogP contribution in [0.4, 0.5) is 0 Å². The average molecular weight is 249 g/mol. The first-order chi connectivity index (χ1) is 9.36. The Bertz CT molecular complexity index is 683. The van der Waals surface area contributed by atoms with Gasteiger partial charge in [0.1, 0.15) is 0 Å². The van der Waals surface area contributed by atoms with Crippen molar-refractivity contribution < 1.29 is 0 Å². The number of para-hydroxylation sites is 1. The topological polar surface area (TPSA) is 4.93 Å². The first kappa shape index (κ1) is 12.0. The molecule has 0 fully saturated rings. The number of fused-ring (bicyclic) bond motifs is 3. The van der Waals surface area contributed by atoms with Crippen LogP contribution in [0.15, 0.2) is 49.1 Å². The minimum Gasteiger partial charge on any atom is -0.310 e. The first-order valence-corrected chi connectivity index (χ1v) is 6.98. The summed E-state index contributed by atoms with van der Waals surface area (Å²) in [4.78, 5) is 0. The first-order valence-electron chi connectivity index (χ1n) is 6.98. The maximum atomic E-state index is 3.98. The Morgan fingerprint density at radius 3 is 3.00 bits per heavy atom. The molecule has 0 unspecified atom stereocenters. The second-order valence-electron chi connectivity index (χ2n) is 4.90. The molecule has 1 nitrogen and oxygen atoms in total. The predicted molar refractivity (Wildman–Crippen MR) is 84.1 cm³/mol. The number of hydrogen-bond donors (Lipinski definition) is 0. The third-order valence-electron chi connectivity index (χ3n) is 3.74.